The summed E-state index contributed by atoms with van der Waals surface area (Å²) in [5.41, 5.74) is 3.28. The Morgan fingerprint density at radius 3 is 2.76 bits per heavy atom. The molecule has 0 saturated carbocycles. The van der Waals surface area contributed by atoms with Crippen molar-refractivity contribution in [2.24, 2.45) is 12.9 Å². The van der Waals surface area contributed by atoms with Crippen molar-refractivity contribution in [1.82, 2.24) is 19.7 Å². The molecule has 0 saturated heterocycles. The molecule has 3 aromatic rings. The van der Waals surface area contributed by atoms with Crippen molar-refractivity contribution in [2.45, 2.75) is 10.6 Å². The van der Waals surface area contributed by atoms with E-state index in [2.05, 4.69) is 20.5 Å². The van der Waals surface area contributed by atoms with Crippen LogP contribution in [-0.4, -0.2) is 19.7 Å². The number of nitrogens with one attached hydrogen (secondary N) is 1. The molecule has 0 aliphatic heterocycles. The lowest BCUT2D eigenvalue weighted by molar-refractivity contribution is 0.626. The SMILES string of the molecule is Cn1ncc2c(NN)nc(CSc3ccc(F)cc3)nc21. The third kappa shape index (κ3) is 2.81. The van der Waals surface area contributed by atoms with Crippen LogP contribution in [0, 0.1) is 5.82 Å². The Kier molecular flexibility index (Phi) is 3.72. The molecular formula is C13H13FN6S. The number of nitrogens with two attached hydrogens (primary N) is 1. The van der Waals surface area contributed by atoms with Crippen molar-refractivity contribution in [1.29, 1.82) is 0 Å². The molecule has 6 nitrogen and oxygen atoms in total. The Labute approximate surface area is 124 Å². The molecule has 0 unspecified atom stereocenters. The molecule has 2 aromatic heterocycles. The van der Waals surface area contributed by atoms with Gasteiger partial charge in [0.2, 0.25) is 0 Å². The highest BCUT2D eigenvalue weighted by Crippen LogP contribution is 2.24. The molecule has 0 bridgehead atoms. The number of halogens is 1. The van der Waals surface area contributed by atoms with Gasteiger partial charge in [-0.1, -0.05) is 0 Å². The number of fused-ring (bicyclic) bond motifs is 1. The number of nitrogens with zero attached hydrogens (tertiary/aromatic N) is 4. The summed E-state index contributed by atoms with van der Waals surface area (Å²) in [5, 5.41) is 4.92. The minimum atomic E-state index is -0.249. The predicted octanol–water partition coefficient (Wildman–Crippen LogP) is 2.08. The lowest BCUT2D eigenvalue weighted by Crippen LogP contribution is -2.11. The third-order valence-corrected chi connectivity index (χ3v) is 3.96. The zero-order valence-corrected chi connectivity index (χ0v) is 12.1. The van der Waals surface area contributed by atoms with Gasteiger partial charge in [0.1, 0.15) is 11.6 Å². The quantitative estimate of drug-likeness (QED) is 0.436. The minimum Gasteiger partial charge on any atom is -0.308 e. The summed E-state index contributed by atoms with van der Waals surface area (Å²) in [6.45, 7) is 0. The van der Waals surface area contributed by atoms with Crippen LogP contribution in [0.25, 0.3) is 11.0 Å². The number of aromatic nitrogens is 4. The van der Waals surface area contributed by atoms with Crippen LogP contribution >= 0.6 is 11.8 Å². The molecule has 8 heteroatoms. The Hall–Kier alpha value is -2.19. The van der Waals surface area contributed by atoms with Crippen LogP contribution in [0.5, 0.6) is 0 Å². The predicted molar refractivity (Wildman–Crippen MR) is 80.1 cm³/mol. The maximum absolute atomic E-state index is 12.9. The Morgan fingerprint density at radius 1 is 1.29 bits per heavy atom. The van der Waals surface area contributed by atoms with Gasteiger partial charge >= 0.3 is 0 Å². The normalized spacial score (nSPS) is 11.0. The lowest BCUT2D eigenvalue weighted by Gasteiger charge is -2.05. The molecule has 0 aliphatic carbocycles. The van der Waals surface area contributed by atoms with E-state index in [1.54, 1.807) is 23.0 Å². The standard InChI is InChI=1S/C13H13FN6S/c1-20-13-10(6-16-20)12(19-15)17-11(18-13)7-21-9-4-2-8(14)3-5-9/h2-6H,7,15H2,1H3,(H,17,18,19). The average molecular weight is 304 g/mol. The molecule has 1 aromatic carbocycles. The second kappa shape index (κ2) is 5.66. The Morgan fingerprint density at radius 2 is 2.05 bits per heavy atom. The van der Waals surface area contributed by atoms with E-state index in [9.17, 15) is 4.39 Å². The van der Waals surface area contributed by atoms with Crippen LogP contribution in [0.15, 0.2) is 35.4 Å². The average Bonchev–Trinajstić information content (AvgIpc) is 2.87. The fraction of sp³-hybridized carbons (Fsp3) is 0.154. The Balaban J connectivity index is 1.86. The highest BCUT2D eigenvalue weighted by molar-refractivity contribution is 7.98. The summed E-state index contributed by atoms with van der Waals surface area (Å²) in [6.07, 6.45) is 1.67. The number of aryl methyl sites for hydroxylation is 1. The van der Waals surface area contributed by atoms with Gasteiger partial charge in [-0.15, -0.1) is 11.8 Å². The number of benzene rings is 1. The number of anilines is 1. The van der Waals surface area contributed by atoms with Crippen LogP contribution in [0.1, 0.15) is 5.82 Å². The number of hydrogen-bond acceptors (Lipinski definition) is 6. The number of hydrogen-bond donors (Lipinski definition) is 2. The van der Waals surface area contributed by atoms with Crippen LogP contribution in [0.2, 0.25) is 0 Å². The van der Waals surface area contributed by atoms with Crippen LogP contribution in [-0.2, 0) is 12.8 Å². The first-order chi connectivity index (χ1) is 10.2. The van der Waals surface area contributed by atoms with Gasteiger partial charge in [0.25, 0.3) is 0 Å². The van der Waals surface area contributed by atoms with E-state index in [1.165, 1.54) is 23.9 Å². The molecule has 21 heavy (non-hydrogen) atoms. The number of nitrogen functional groups attached to an aromatic ring is 1. The van der Waals surface area contributed by atoms with Gasteiger partial charge in [-0.25, -0.2) is 20.2 Å². The molecule has 3 N–H and O–H groups in total. The lowest BCUT2D eigenvalue weighted by atomic mass is 10.4. The molecule has 0 spiro atoms. The van der Waals surface area contributed by atoms with Gasteiger partial charge < -0.3 is 5.43 Å². The van der Waals surface area contributed by atoms with E-state index < -0.39 is 0 Å². The smallest absolute Gasteiger partial charge is 0.163 e. The first-order valence-corrected chi connectivity index (χ1v) is 7.19. The molecule has 108 valence electrons. The van der Waals surface area contributed by atoms with Crippen LogP contribution in [0.4, 0.5) is 10.2 Å². The highest BCUT2D eigenvalue weighted by atomic mass is 32.2. The van der Waals surface area contributed by atoms with E-state index in [0.29, 0.717) is 23.0 Å². The third-order valence-electron chi connectivity index (χ3n) is 2.96. The first kappa shape index (κ1) is 13.8. The molecule has 0 amide bonds. The molecule has 0 aliphatic rings. The van der Waals surface area contributed by atoms with Crippen molar-refractivity contribution in [3.63, 3.8) is 0 Å². The monoisotopic (exact) mass is 304 g/mol. The number of rotatable bonds is 4. The van der Waals surface area contributed by atoms with E-state index >= 15 is 0 Å². The minimum absolute atomic E-state index is 0.249. The van der Waals surface area contributed by atoms with Gasteiger partial charge in [0, 0.05) is 11.9 Å². The maximum atomic E-state index is 12.9. The second-order valence-electron chi connectivity index (χ2n) is 4.38. The molecule has 2 heterocycles. The van der Waals surface area contributed by atoms with Crippen molar-refractivity contribution in [3.8, 4) is 0 Å². The van der Waals surface area contributed by atoms with E-state index in [4.69, 9.17) is 5.84 Å². The van der Waals surface area contributed by atoms with E-state index in [1.807, 2.05) is 7.05 Å². The van der Waals surface area contributed by atoms with Crippen molar-refractivity contribution in [3.05, 3.63) is 42.1 Å². The first-order valence-electron chi connectivity index (χ1n) is 6.21. The van der Waals surface area contributed by atoms with Crippen LogP contribution < -0.4 is 11.3 Å². The molecular weight excluding hydrogens is 291 g/mol. The summed E-state index contributed by atoms with van der Waals surface area (Å²) in [7, 11) is 1.81. The Bertz CT molecular complexity index is 770. The van der Waals surface area contributed by atoms with Gasteiger partial charge in [-0.2, -0.15) is 5.10 Å². The zero-order valence-electron chi connectivity index (χ0n) is 11.2. The van der Waals surface area contributed by atoms with Gasteiger partial charge in [0.15, 0.2) is 11.5 Å². The summed E-state index contributed by atoms with van der Waals surface area (Å²) in [5.74, 6) is 6.98. The van der Waals surface area contributed by atoms with Crippen molar-refractivity contribution in [2.75, 3.05) is 5.43 Å². The van der Waals surface area contributed by atoms with E-state index in [-0.39, 0.29) is 5.82 Å². The molecule has 0 atom stereocenters. The zero-order chi connectivity index (χ0) is 14.8. The number of hydrazine groups is 1. The van der Waals surface area contributed by atoms with Gasteiger partial charge in [0.05, 0.1) is 17.3 Å². The fourth-order valence-corrected chi connectivity index (χ4v) is 2.67. The summed E-state index contributed by atoms with van der Waals surface area (Å²) in [6, 6.07) is 6.32. The summed E-state index contributed by atoms with van der Waals surface area (Å²) < 4.78 is 14.5. The molecule has 0 fully saturated rings. The summed E-state index contributed by atoms with van der Waals surface area (Å²) >= 11 is 1.53. The topological polar surface area (TPSA) is 81.7 Å². The molecule has 3 rings (SSSR count). The van der Waals surface area contributed by atoms with Crippen molar-refractivity contribution >= 4 is 28.6 Å². The van der Waals surface area contributed by atoms with Gasteiger partial charge in [-0.05, 0) is 24.3 Å². The van der Waals surface area contributed by atoms with Crippen LogP contribution in [0.3, 0.4) is 0 Å². The molecule has 0 radical (unpaired) electrons. The summed E-state index contributed by atoms with van der Waals surface area (Å²) in [4.78, 5) is 9.80. The highest BCUT2D eigenvalue weighted by Gasteiger charge is 2.11. The van der Waals surface area contributed by atoms with Crippen molar-refractivity contribution < 1.29 is 4.39 Å². The largest absolute Gasteiger partial charge is 0.308 e. The maximum Gasteiger partial charge on any atom is 0.163 e. The second-order valence-corrected chi connectivity index (χ2v) is 5.43. The fourth-order valence-electron chi connectivity index (χ4n) is 1.92. The van der Waals surface area contributed by atoms with Gasteiger partial charge in [-0.3, -0.25) is 4.68 Å². The number of thioether (sulfide) groups is 1. The van der Waals surface area contributed by atoms with E-state index in [0.717, 1.165) is 10.3 Å².